The Morgan fingerprint density at radius 2 is 1.67 bits per heavy atom. The monoisotopic (exact) mass is 994 g/mol. The number of anilines is 2. The summed E-state index contributed by atoms with van der Waals surface area (Å²) in [4.78, 5) is 102. The number of methoxy groups -OCH3 is 1. The number of piperidine rings is 2. The first-order chi connectivity index (χ1) is 34.3. The van der Waals surface area contributed by atoms with E-state index < -0.39 is 59.6 Å². The maximum absolute atomic E-state index is 15.6. The third-order valence-electron chi connectivity index (χ3n) is 12.7. The van der Waals surface area contributed by atoms with E-state index in [0.29, 0.717) is 36.2 Å². The maximum Gasteiger partial charge on any atom is 0.573 e. The Kier molecular flexibility index (Phi) is 13.0. The molecule has 0 radical (unpaired) electrons. The van der Waals surface area contributed by atoms with Gasteiger partial charge >= 0.3 is 6.36 Å². The maximum atomic E-state index is 15.6. The number of imide groups is 1. The topological polar surface area (TPSA) is 230 Å². The summed E-state index contributed by atoms with van der Waals surface area (Å²) in [5, 5.41) is 7.69. The number of halogens is 4. The quantitative estimate of drug-likeness (QED) is 0.0960. The molecule has 3 N–H and O–H groups in total. The highest BCUT2D eigenvalue weighted by molar-refractivity contribution is 6.07. The van der Waals surface area contributed by atoms with Crippen molar-refractivity contribution in [2.75, 3.05) is 37.4 Å². The number of rotatable bonds is 12. The Hall–Kier alpha value is -8.63. The SMILES string of the molecule is COc1cc2c(Oc3ccc(NC(=O)c4c(C)n(C)c5ccc(OC(F)(F)F)cc5c4=O)cc3F)ncnc2cc1OCC(=O)N1CCC[C@H](C(=O)Nc2ccc3c(c2)CN(C2CCC(=O)NC2=O)C3=O)C1. The average molecular weight is 995 g/mol. The molecule has 5 heterocycles. The van der Waals surface area contributed by atoms with E-state index in [2.05, 4.69) is 30.7 Å². The van der Waals surface area contributed by atoms with Crippen molar-refractivity contribution in [2.45, 2.75) is 51.6 Å². The van der Waals surface area contributed by atoms with E-state index in [1.54, 1.807) is 18.2 Å². The molecule has 0 saturated carbocycles. The van der Waals surface area contributed by atoms with Crippen LogP contribution in [0.5, 0.6) is 28.9 Å². The normalized spacial score (nSPS) is 16.8. The van der Waals surface area contributed by atoms with Crippen LogP contribution in [0.3, 0.4) is 0 Å². The second-order valence-corrected chi connectivity index (χ2v) is 17.2. The molecule has 2 atom stereocenters. The molecule has 6 aromatic rings. The highest BCUT2D eigenvalue weighted by Gasteiger charge is 2.39. The highest BCUT2D eigenvalue weighted by Crippen LogP contribution is 2.38. The number of likely N-dealkylation sites (tertiary alicyclic amines) is 1. The smallest absolute Gasteiger partial charge is 0.493 e. The first kappa shape index (κ1) is 48.4. The van der Waals surface area contributed by atoms with Crippen LogP contribution in [-0.4, -0.2) is 99.0 Å². The predicted molar refractivity (Wildman–Crippen MR) is 247 cm³/mol. The van der Waals surface area contributed by atoms with Crippen LogP contribution in [0.4, 0.5) is 28.9 Å². The zero-order chi connectivity index (χ0) is 51.2. The van der Waals surface area contributed by atoms with Gasteiger partial charge in [-0.05, 0) is 86.3 Å². The van der Waals surface area contributed by atoms with Gasteiger partial charge in [0.1, 0.15) is 23.7 Å². The Morgan fingerprint density at radius 1 is 0.889 bits per heavy atom. The van der Waals surface area contributed by atoms with Crippen LogP contribution < -0.4 is 40.3 Å². The molecule has 4 aromatic carbocycles. The molecule has 23 heteroatoms. The van der Waals surface area contributed by atoms with Gasteiger partial charge in [-0.1, -0.05) is 0 Å². The molecule has 2 aromatic heterocycles. The van der Waals surface area contributed by atoms with Gasteiger partial charge in [-0.15, -0.1) is 13.2 Å². The Morgan fingerprint density at radius 3 is 2.42 bits per heavy atom. The molecule has 0 spiro atoms. The van der Waals surface area contributed by atoms with Gasteiger partial charge in [-0.3, -0.25) is 38.9 Å². The summed E-state index contributed by atoms with van der Waals surface area (Å²) >= 11 is 0. The predicted octanol–water partition coefficient (Wildman–Crippen LogP) is 5.90. The molecule has 0 aliphatic carbocycles. The number of nitrogens with zero attached hydrogens (tertiary/aromatic N) is 5. The number of pyridine rings is 1. The van der Waals surface area contributed by atoms with Crippen LogP contribution in [0, 0.1) is 18.7 Å². The molecule has 372 valence electrons. The molecule has 1 unspecified atom stereocenters. The first-order valence-corrected chi connectivity index (χ1v) is 22.4. The van der Waals surface area contributed by atoms with Crippen molar-refractivity contribution in [1.29, 1.82) is 0 Å². The number of carbonyl (C=O) groups is 6. The second kappa shape index (κ2) is 19.3. The molecular formula is C49H42F4N8O11. The number of fused-ring (bicyclic) bond motifs is 3. The minimum absolute atomic E-state index is 0.0770. The summed E-state index contributed by atoms with van der Waals surface area (Å²) < 4.78 is 77.1. The molecule has 19 nitrogen and oxygen atoms in total. The van der Waals surface area contributed by atoms with E-state index in [0.717, 1.165) is 24.5 Å². The number of carbonyl (C=O) groups excluding carboxylic acids is 6. The van der Waals surface area contributed by atoms with Crippen LogP contribution in [0.15, 0.2) is 77.9 Å². The van der Waals surface area contributed by atoms with Gasteiger partial charge in [-0.2, -0.15) is 0 Å². The molecular weight excluding hydrogens is 953 g/mol. The number of hydrogen-bond donors (Lipinski definition) is 3. The van der Waals surface area contributed by atoms with Crippen molar-refractivity contribution < 1.29 is 65.3 Å². The average Bonchev–Trinajstić information content (AvgIpc) is 3.66. The summed E-state index contributed by atoms with van der Waals surface area (Å²) in [5.41, 5.74) is 0.863. The molecule has 2 saturated heterocycles. The minimum Gasteiger partial charge on any atom is -0.493 e. The van der Waals surface area contributed by atoms with Crippen molar-refractivity contribution >= 4 is 68.6 Å². The van der Waals surface area contributed by atoms with Gasteiger partial charge in [-0.25, -0.2) is 14.4 Å². The van der Waals surface area contributed by atoms with E-state index in [-0.39, 0.29) is 106 Å². The van der Waals surface area contributed by atoms with Gasteiger partial charge in [0.25, 0.3) is 17.7 Å². The van der Waals surface area contributed by atoms with E-state index in [9.17, 15) is 46.7 Å². The van der Waals surface area contributed by atoms with Crippen LogP contribution in [0.1, 0.15) is 57.7 Å². The summed E-state index contributed by atoms with van der Waals surface area (Å²) in [6.45, 7) is 1.70. The fourth-order valence-electron chi connectivity index (χ4n) is 9.00. The van der Waals surface area contributed by atoms with Crippen molar-refractivity contribution in [3.63, 3.8) is 0 Å². The number of amides is 6. The summed E-state index contributed by atoms with van der Waals surface area (Å²) in [6, 6.07) is 13.7. The standard InChI is InChI=1S/C49H42F4N8O11/c1-24-42(43(64)32-17-29(72-49(51,52)53)8-10-35(32)59(24)2)46(67)57-28-7-12-37(33(50)16-28)71-47-31-18-38(69-3)39(19-34(31)54-23-55-47)70-22-41(63)60-14-4-5-25(20-60)44(65)56-27-6-9-30-26(15-27)21-61(48(30)68)36-11-13-40(62)58-45(36)66/h6-10,12,15-19,23,25,36H,4-5,11,13-14,20-22H2,1-3H3,(H,56,65)(H,57,67)(H,58,62,66)/t25-,36?/m0/s1. The number of aromatic nitrogens is 3. The van der Waals surface area contributed by atoms with Gasteiger partial charge in [0.05, 0.1) is 34.8 Å². The van der Waals surface area contributed by atoms with Crippen molar-refractivity contribution in [2.24, 2.45) is 13.0 Å². The summed E-state index contributed by atoms with van der Waals surface area (Å²) in [6.07, 6.45) is -2.44. The van der Waals surface area contributed by atoms with Crippen LogP contribution in [-0.2, 0) is 32.8 Å². The second-order valence-electron chi connectivity index (χ2n) is 17.2. The van der Waals surface area contributed by atoms with Crippen molar-refractivity contribution in [1.82, 2.24) is 29.7 Å². The molecule has 3 aliphatic heterocycles. The fraction of sp³-hybridized carbons (Fsp3) is 0.286. The van der Waals surface area contributed by atoms with E-state index in [4.69, 9.17) is 14.2 Å². The van der Waals surface area contributed by atoms with E-state index >= 15 is 4.39 Å². The molecule has 72 heavy (non-hydrogen) atoms. The zero-order valence-corrected chi connectivity index (χ0v) is 38.5. The molecule has 3 aliphatic rings. The van der Waals surface area contributed by atoms with E-state index in [1.807, 2.05) is 0 Å². The van der Waals surface area contributed by atoms with Gasteiger partial charge in [0.2, 0.25) is 29.0 Å². The Balaban J connectivity index is 0.824. The lowest BCUT2D eigenvalue weighted by atomic mass is 9.97. The lowest BCUT2D eigenvalue weighted by Crippen LogP contribution is -2.52. The van der Waals surface area contributed by atoms with Gasteiger partial charge < -0.3 is 43.9 Å². The fourth-order valence-corrected chi connectivity index (χ4v) is 9.00. The number of hydrogen-bond acceptors (Lipinski definition) is 13. The third-order valence-corrected chi connectivity index (χ3v) is 12.7. The highest BCUT2D eigenvalue weighted by atomic mass is 19.4. The molecule has 6 amide bonds. The number of aryl methyl sites for hydroxylation is 1. The summed E-state index contributed by atoms with van der Waals surface area (Å²) in [7, 11) is 2.89. The molecule has 0 bridgehead atoms. The lowest BCUT2D eigenvalue weighted by Gasteiger charge is -2.32. The molecule has 2 fully saturated rings. The first-order valence-electron chi connectivity index (χ1n) is 22.4. The van der Waals surface area contributed by atoms with Crippen LogP contribution >= 0.6 is 0 Å². The number of ether oxygens (including phenoxy) is 4. The number of alkyl halides is 3. The number of nitrogens with one attached hydrogen (secondary N) is 3. The van der Waals surface area contributed by atoms with E-state index in [1.165, 1.54) is 65.8 Å². The van der Waals surface area contributed by atoms with Gasteiger partial charge in [0, 0.05) is 67.9 Å². The van der Waals surface area contributed by atoms with Crippen LogP contribution in [0.2, 0.25) is 0 Å². The Labute approximate surface area is 405 Å². The lowest BCUT2D eigenvalue weighted by molar-refractivity contribution is -0.274. The summed E-state index contributed by atoms with van der Waals surface area (Å²) in [5.74, 6) is -5.17. The third kappa shape index (κ3) is 9.76. The minimum atomic E-state index is -5.01. The van der Waals surface area contributed by atoms with Gasteiger partial charge in [0.15, 0.2) is 29.7 Å². The van der Waals surface area contributed by atoms with Crippen LogP contribution in [0.25, 0.3) is 21.8 Å². The molecule has 9 rings (SSSR count). The Bertz CT molecular complexity index is 3330. The zero-order valence-electron chi connectivity index (χ0n) is 38.5. The van der Waals surface area contributed by atoms with Crippen molar-refractivity contribution in [3.8, 4) is 28.9 Å². The largest absolute Gasteiger partial charge is 0.573 e. The van der Waals surface area contributed by atoms with Crippen molar-refractivity contribution in [3.05, 3.63) is 111 Å². The number of benzene rings is 4.